The van der Waals surface area contributed by atoms with Gasteiger partial charge in [0.1, 0.15) is 11.0 Å². The Bertz CT molecular complexity index is 1660. The van der Waals surface area contributed by atoms with Crippen molar-refractivity contribution in [1.29, 1.82) is 0 Å². The van der Waals surface area contributed by atoms with Crippen LogP contribution in [0.15, 0.2) is 48.8 Å². The number of likely N-dealkylation sites (tertiary alicyclic amines) is 1. The minimum Gasteiger partial charge on any atom is -0.474 e. The molecule has 42 heavy (non-hydrogen) atoms. The van der Waals surface area contributed by atoms with Gasteiger partial charge < -0.3 is 15.4 Å². The smallest absolute Gasteiger partial charge is 0.417 e. The standard InChI is InChI=1S/C29H26ClF3N6O2S/c1-14-24(42-26(37-14)25-35-7-4-8-36-25)27(40)39-12-17-18(13-39)23(17)41-22-11-16(28(2,3)34)10-21(38-22)15-5-6-19(20(30)9-15)29(31,32)33/h4-11,17-18,23H,12-13,34H2,1-3H3/t17-,18+,23?. The number of hydrogen-bond acceptors (Lipinski definition) is 8. The fourth-order valence-corrected chi connectivity index (χ4v) is 6.46. The number of nitrogens with zero attached hydrogens (tertiary/aromatic N) is 5. The van der Waals surface area contributed by atoms with Gasteiger partial charge in [-0.3, -0.25) is 4.79 Å². The predicted molar refractivity (Wildman–Crippen MR) is 152 cm³/mol. The maximum absolute atomic E-state index is 13.3. The Morgan fingerprint density at radius 1 is 1.10 bits per heavy atom. The summed E-state index contributed by atoms with van der Waals surface area (Å²) in [5, 5.41) is 0.184. The summed E-state index contributed by atoms with van der Waals surface area (Å²) >= 11 is 7.25. The molecule has 2 aliphatic rings. The molecule has 13 heteroatoms. The molecule has 8 nitrogen and oxygen atoms in total. The molecule has 1 aliphatic carbocycles. The third kappa shape index (κ3) is 5.46. The number of amides is 1. The first kappa shape index (κ1) is 28.5. The molecular formula is C29H26ClF3N6O2S. The second-order valence-corrected chi connectivity index (χ2v) is 12.5. The van der Waals surface area contributed by atoms with Crippen LogP contribution in [-0.2, 0) is 11.7 Å². The molecule has 0 spiro atoms. The summed E-state index contributed by atoms with van der Waals surface area (Å²) in [5.74, 6) is 0.999. The summed E-state index contributed by atoms with van der Waals surface area (Å²) in [6.07, 6.45) is -1.43. The van der Waals surface area contributed by atoms with E-state index in [9.17, 15) is 18.0 Å². The number of carbonyl (C=O) groups excluding carboxylic acids is 1. The van der Waals surface area contributed by atoms with Crippen LogP contribution in [0.2, 0.25) is 5.02 Å². The highest BCUT2D eigenvalue weighted by Gasteiger charge is 2.59. The van der Waals surface area contributed by atoms with Crippen molar-refractivity contribution in [3.05, 3.63) is 75.5 Å². The van der Waals surface area contributed by atoms with Crippen molar-refractivity contribution in [2.75, 3.05) is 13.1 Å². The van der Waals surface area contributed by atoms with E-state index in [4.69, 9.17) is 22.1 Å². The van der Waals surface area contributed by atoms with E-state index in [0.29, 0.717) is 57.2 Å². The van der Waals surface area contributed by atoms with Crippen LogP contribution >= 0.6 is 22.9 Å². The highest BCUT2D eigenvalue weighted by atomic mass is 35.5. The van der Waals surface area contributed by atoms with Crippen LogP contribution < -0.4 is 10.5 Å². The van der Waals surface area contributed by atoms with Crippen molar-refractivity contribution in [3.63, 3.8) is 0 Å². The Hall–Kier alpha value is -3.61. The number of alkyl halides is 3. The van der Waals surface area contributed by atoms with Crippen molar-refractivity contribution in [2.24, 2.45) is 17.6 Å². The lowest BCUT2D eigenvalue weighted by atomic mass is 9.94. The fourth-order valence-electron chi connectivity index (χ4n) is 5.19. The maximum atomic E-state index is 13.3. The highest BCUT2D eigenvalue weighted by molar-refractivity contribution is 7.17. The Labute approximate surface area is 248 Å². The number of aromatic nitrogens is 4. The molecule has 1 saturated heterocycles. The summed E-state index contributed by atoms with van der Waals surface area (Å²) in [6, 6.07) is 8.72. The number of halogens is 4. The molecule has 3 aromatic heterocycles. The van der Waals surface area contributed by atoms with Crippen molar-refractivity contribution in [3.8, 4) is 28.0 Å². The number of carbonyl (C=O) groups is 1. The number of hydrogen-bond donors (Lipinski definition) is 1. The van der Waals surface area contributed by atoms with Crippen molar-refractivity contribution in [2.45, 2.75) is 38.6 Å². The quantitative estimate of drug-likeness (QED) is 0.284. The molecule has 1 saturated carbocycles. The highest BCUT2D eigenvalue weighted by Crippen LogP contribution is 2.49. The maximum Gasteiger partial charge on any atom is 0.417 e. The van der Waals surface area contributed by atoms with Gasteiger partial charge >= 0.3 is 6.18 Å². The molecule has 1 amide bonds. The summed E-state index contributed by atoms with van der Waals surface area (Å²) in [4.78, 5) is 33.2. The molecule has 4 aromatic rings. The minimum atomic E-state index is -4.56. The number of nitrogens with two attached hydrogens (primary N) is 1. The Kier molecular flexibility index (Phi) is 6.98. The van der Waals surface area contributed by atoms with Gasteiger partial charge in [-0.15, -0.1) is 11.3 Å². The number of thiazole rings is 1. The van der Waals surface area contributed by atoms with Crippen LogP contribution in [0.5, 0.6) is 5.88 Å². The summed E-state index contributed by atoms with van der Waals surface area (Å²) in [6.45, 7) is 6.51. The van der Waals surface area contributed by atoms with E-state index >= 15 is 0 Å². The fraction of sp³-hybridized carbons (Fsp3) is 0.345. The molecule has 1 unspecified atom stereocenters. The second kappa shape index (κ2) is 10.3. The van der Waals surface area contributed by atoms with E-state index in [1.807, 2.05) is 18.7 Å². The van der Waals surface area contributed by atoms with Crippen LogP contribution in [-0.4, -0.2) is 49.9 Å². The van der Waals surface area contributed by atoms with Crippen LogP contribution in [0.1, 0.15) is 40.3 Å². The van der Waals surface area contributed by atoms with Gasteiger partial charge in [-0.05, 0) is 50.6 Å². The van der Waals surface area contributed by atoms with Gasteiger partial charge in [-0.25, -0.2) is 19.9 Å². The van der Waals surface area contributed by atoms with Crippen molar-refractivity contribution in [1.82, 2.24) is 24.8 Å². The van der Waals surface area contributed by atoms with E-state index in [1.165, 1.54) is 23.5 Å². The number of fused-ring (bicyclic) bond motifs is 1. The zero-order chi connectivity index (χ0) is 30.0. The normalized spacial score (nSPS) is 20.0. The number of aryl methyl sites for hydroxylation is 1. The first-order valence-electron chi connectivity index (χ1n) is 13.2. The minimum absolute atomic E-state index is 0.0791. The number of ether oxygens (including phenoxy) is 1. The lowest BCUT2D eigenvalue weighted by Gasteiger charge is -2.22. The number of piperidine rings is 1. The predicted octanol–water partition coefficient (Wildman–Crippen LogP) is 5.99. The average molecular weight is 615 g/mol. The van der Waals surface area contributed by atoms with E-state index in [1.54, 1.807) is 37.5 Å². The zero-order valence-corrected chi connectivity index (χ0v) is 24.4. The Morgan fingerprint density at radius 3 is 2.40 bits per heavy atom. The monoisotopic (exact) mass is 614 g/mol. The lowest BCUT2D eigenvalue weighted by Crippen LogP contribution is -2.33. The van der Waals surface area contributed by atoms with Crippen LogP contribution in [0.25, 0.3) is 22.1 Å². The lowest BCUT2D eigenvalue weighted by molar-refractivity contribution is -0.137. The number of benzene rings is 1. The average Bonchev–Trinajstić information content (AvgIpc) is 3.25. The first-order valence-corrected chi connectivity index (χ1v) is 14.4. The molecule has 1 aliphatic heterocycles. The van der Waals surface area contributed by atoms with Gasteiger partial charge in [0, 0.05) is 54.5 Å². The SMILES string of the molecule is Cc1nc(-c2ncccn2)sc1C(=O)N1C[C@@H]2C(Oc3cc(C(C)(C)N)cc(-c4ccc(C(F)(F)F)c(Cl)c4)n3)[C@@H]2C1. The van der Waals surface area contributed by atoms with Crippen LogP contribution in [0, 0.1) is 18.8 Å². The largest absolute Gasteiger partial charge is 0.474 e. The molecule has 0 radical (unpaired) electrons. The molecule has 218 valence electrons. The topological polar surface area (TPSA) is 107 Å². The van der Waals surface area contributed by atoms with E-state index in [2.05, 4.69) is 19.9 Å². The second-order valence-electron chi connectivity index (χ2n) is 11.1. The summed E-state index contributed by atoms with van der Waals surface area (Å²) < 4.78 is 46.0. The van der Waals surface area contributed by atoms with Crippen LogP contribution in [0.3, 0.4) is 0 Å². The third-order valence-corrected chi connectivity index (χ3v) is 8.98. The van der Waals surface area contributed by atoms with E-state index < -0.39 is 22.3 Å². The molecule has 0 bridgehead atoms. The van der Waals surface area contributed by atoms with Crippen molar-refractivity contribution < 1.29 is 22.7 Å². The van der Waals surface area contributed by atoms with Crippen LogP contribution in [0.4, 0.5) is 13.2 Å². The van der Waals surface area contributed by atoms with Gasteiger partial charge in [0.15, 0.2) is 10.8 Å². The molecule has 2 fully saturated rings. The molecule has 4 heterocycles. The van der Waals surface area contributed by atoms with Crippen molar-refractivity contribution >= 4 is 28.8 Å². The molecule has 6 rings (SSSR count). The van der Waals surface area contributed by atoms with Gasteiger partial charge in [0.25, 0.3) is 5.91 Å². The number of pyridine rings is 1. The molecule has 1 aromatic carbocycles. The Morgan fingerprint density at radius 2 is 1.79 bits per heavy atom. The molecule has 2 N–H and O–H groups in total. The van der Waals surface area contributed by atoms with Gasteiger partial charge in [-0.1, -0.05) is 17.7 Å². The molecular weight excluding hydrogens is 589 g/mol. The third-order valence-electron chi connectivity index (χ3n) is 7.52. The molecule has 3 atom stereocenters. The first-order chi connectivity index (χ1) is 19.8. The van der Waals surface area contributed by atoms with Gasteiger partial charge in [0.05, 0.1) is 22.0 Å². The van der Waals surface area contributed by atoms with Gasteiger partial charge in [-0.2, -0.15) is 13.2 Å². The van der Waals surface area contributed by atoms with E-state index in [0.717, 1.165) is 6.07 Å². The summed E-state index contributed by atoms with van der Waals surface area (Å²) in [7, 11) is 0. The zero-order valence-electron chi connectivity index (χ0n) is 22.8. The van der Waals surface area contributed by atoms with Gasteiger partial charge in [0.2, 0.25) is 5.88 Å². The Balaban J connectivity index is 1.17. The summed E-state index contributed by atoms with van der Waals surface area (Å²) in [5.41, 5.74) is 6.86. The number of rotatable bonds is 6. The van der Waals surface area contributed by atoms with E-state index in [-0.39, 0.29) is 23.8 Å².